The van der Waals surface area contributed by atoms with Crippen molar-refractivity contribution in [3.63, 3.8) is 0 Å². The van der Waals surface area contributed by atoms with Gasteiger partial charge in [-0.2, -0.15) is 0 Å². The van der Waals surface area contributed by atoms with Crippen molar-refractivity contribution < 1.29 is 19.5 Å². The van der Waals surface area contributed by atoms with Gasteiger partial charge in [0.1, 0.15) is 5.92 Å². The molecule has 0 aromatic heterocycles. The molecular formula is C30H31ClN4O4. The molecule has 0 saturated carbocycles. The average Bonchev–Trinajstić information content (AvgIpc) is 3.21. The Labute approximate surface area is 232 Å². The first-order chi connectivity index (χ1) is 18.6. The van der Waals surface area contributed by atoms with Gasteiger partial charge in [-0.3, -0.25) is 19.4 Å². The van der Waals surface area contributed by atoms with Crippen molar-refractivity contribution in [2.45, 2.75) is 25.2 Å². The molecule has 9 heteroatoms. The topological polar surface area (TPSA) is 102 Å². The molecule has 0 bridgehead atoms. The van der Waals surface area contributed by atoms with Crippen LogP contribution >= 0.6 is 11.6 Å². The van der Waals surface area contributed by atoms with Gasteiger partial charge in [0.15, 0.2) is 0 Å². The van der Waals surface area contributed by atoms with Gasteiger partial charge in [0.25, 0.3) is 0 Å². The largest absolute Gasteiger partial charge is 0.481 e. The number of fused-ring (bicyclic) bond motifs is 1. The lowest BCUT2D eigenvalue weighted by Gasteiger charge is -2.18. The first kappa shape index (κ1) is 28.0. The molecule has 2 N–H and O–H groups in total. The number of carboxylic acid groups (broad SMARTS) is 1. The van der Waals surface area contributed by atoms with E-state index in [-0.39, 0.29) is 18.2 Å². The Kier molecular flexibility index (Phi) is 8.79. The van der Waals surface area contributed by atoms with Gasteiger partial charge in [-0.05, 0) is 86.2 Å². The summed E-state index contributed by atoms with van der Waals surface area (Å²) >= 11 is 6.15. The van der Waals surface area contributed by atoms with Crippen LogP contribution in [0.15, 0.2) is 71.7 Å². The van der Waals surface area contributed by atoms with Gasteiger partial charge < -0.3 is 20.2 Å². The maximum atomic E-state index is 13.2. The highest BCUT2D eigenvalue weighted by molar-refractivity contribution is 6.31. The highest BCUT2D eigenvalue weighted by Gasteiger charge is 2.35. The lowest BCUT2D eigenvalue weighted by molar-refractivity contribution is -0.136. The number of benzene rings is 3. The van der Waals surface area contributed by atoms with Gasteiger partial charge in [-0.25, -0.2) is 0 Å². The Morgan fingerprint density at radius 3 is 2.46 bits per heavy atom. The molecule has 1 aliphatic rings. The van der Waals surface area contributed by atoms with Crippen LogP contribution in [0.4, 0.5) is 17.1 Å². The molecule has 0 radical (unpaired) electrons. The summed E-state index contributed by atoms with van der Waals surface area (Å²) in [7, 11) is 5.71. The number of hydrogen-bond donors (Lipinski definition) is 2. The van der Waals surface area contributed by atoms with E-state index in [9.17, 15) is 19.5 Å². The molecular weight excluding hydrogens is 516 g/mol. The zero-order valence-corrected chi connectivity index (χ0v) is 22.9. The van der Waals surface area contributed by atoms with Crippen molar-refractivity contribution in [3.05, 3.63) is 88.4 Å². The second-order valence-corrected chi connectivity index (χ2v) is 10.2. The minimum Gasteiger partial charge on any atom is -0.481 e. The summed E-state index contributed by atoms with van der Waals surface area (Å²) in [5.74, 6) is -1.87. The molecule has 1 unspecified atom stereocenters. The summed E-state index contributed by atoms with van der Waals surface area (Å²) in [6.07, 6.45) is 1.08. The van der Waals surface area contributed by atoms with Crippen LogP contribution in [0.3, 0.4) is 0 Å². The number of amides is 2. The number of aliphatic imine (C=N–C) groups is 1. The van der Waals surface area contributed by atoms with Crippen LogP contribution in [0, 0.1) is 0 Å². The van der Waals surface area contributed by atoms with Crippen molar-refractivity contribution in [3.8, 4) is 0 Å². The van der Waals surface area contributed by atoms with Crippen LogP contribution < -0.4 is 10.2 Å². The number of halogens is 1. The number of nitrogens with one attached hydrogen (secondary N) is 1. The summed E-state index contributed by atoms with van der Waals surface area (Å²) in [6.45, 7) is 0.841. The Morgan fingerprint density at radius 2 is 1.77 bits per heavy atom. The summed E-state index contributed by atoms with van der Waals surface area (Å²) in [6, 6.07) is 19.5. The normalized spacial score (nSPS) is 14.7. The van der Waals surface area contributed by atoms with Crippen LogP contribution in [0.2, 0.25) is 5.02 Å². The van der Waals surface area contributed by atoms with Crippen LogP contribution in [-0.2, 0) is 20.8 Å². The Hall–Kier alpha value is -4.01. The number of rotatable bonds is 10. The van der Waals surface area contributed by atoms with Crippen molar-refractivity contribution in [2.75, 3.05) is 37.9 Å². The fraction of sp³-hybridized carbons (Fsp3) is 0.267. The van der Waals surface area contributed by atoms with Gasteiger partial charge in [0.2, 0.25) is 11.8 Å². The molecule has 0 saturated heterocycles. The van der Waals surface area contributed by atoms with Crippen LogP contribution in [0.5, 0.6) is 0 Å². The number of aliphatic carboxylic acids is 1. The smallest absolute Gasteiger partial charge is 0.307 e. The van der Waals surface area contributed by atoms with Gasteiger partial charge in [-0.15, -0.1) is 0 Å². The second kappa shape index (κ2) is 12.2. The standard InChI is InChI=1S/C30H31ClN4O4/c1-34(2)15-5-8-26(36)35(3)23-12-10-22(11-13-23)32-29(20-7-4-6-19(16-20)17-27(37)38)28-24-14-9-21(31)18-25(24)33-30(28)39/h4,6-7,9-14,16,18,28H,5,8,15,17H2,1-3H3,(H,33,39)(H,37,38). The summed E-state index contributed by atoms with van der Waals surface area (Å²) in [4.78, 5) is 45.7. The SMILES string of the molecule is CN(C)CCCC(=O)N(C)c1ccc(N=C(c2cccc(CC(=O)O)c2)C2C(=O)Nc3cc(Cl)ccc32)cc1. The van der Waals surface area contributed by atoms with E-state index in [1.807, 2.05) is 37.2 Å². The fourth-order valence-electron chi connectivity index (χ4n) is 4.57. The van der Waals surface area contributed by atoms with Crippen LogP contribution in [0.1, 0.15) is 35.4 Å². The van der Waals surface area contributed by atoms with E-state index < -0.39 is 11.9 Å². The molecule has 8 nitrogen and oxygen atoms in total. The molecule has 39 heavy (non-hydrogen) atoms. The highest BCUT2D eigenvalue weighted by atomic mass is 35.5. The molecule has 1 atom stereocenters. The molecule has 1 heterocycles. The molecule has 0 aliphatic carbocycles. The number of hydrogen-bond acceptors (Lipinski definition) is 5. The van der Waals surface area contributed by atoms with Crippen LogP contribution in [-0.4, -0.2) is 61.2 Å². The fourth-order valence-corrected chi connectivity index (χ4v) is 4.74. The minimum absolute atomic E-state index is 0.0296. The number of carbonyl (C=O) groups excluding carboxylic acids is 2. The summed E-state index contributed by atoms with van der Waals surface area (Å²) in [5.41, 5.74) is 4.44. The third-order valence-electron chi connectivity index (χ3n) is 6.55. The number of carboxylic acids is 1. The van der Waals surface area contributed by atoms with Gasteiger partial charge in [0.05, 0.1) is 17.8 Å². The zero-order chi connectivity index (χ0) is 28.1. The van der Waals surface area contributed by atoms with E-state index >= 15 is 0 Å². The molecule has 1 aliphatic heterocycles. The minimum atomic E-state index is -0.944. The van der Waals surface area contributed by atoms with Crippen molar-refractivity contribution in [1.29, 1.82) is 0 Å². The van der Waals surface area contributed by atoms with Gasteiger partial charge in [-0.1, -0.05) is 35.9 Å². The molecule has 3 aromatic carbocycles. The maximum absolute atomic E-state index is 13.2. The lowest BCUT2D eigenvalue weighted by Crippen LogP contribution is -2.27. The maximum Gasteiger partial charge on any atom is 0.307 e. The predicted octanol–water partition coefficient (Wildman–Crippen LogP) is 5.13. The van der Waals surface area contributed by atoms with Gasteiger partial charge >= 0.3 is 5.97 Å². The van der Waals surface area contributed by atoms with E-state index in [4.69, 9.17) is 16.6 Å². The first-order valence-electron chi connectivity index (χ1n) is 12.6. The van der Waals surface area contributed by atoms with E-state index in [0.29, 0.717) is 39.7 Å². The molecule has 2 amide bonds. The monoisotopic (exact) mass is 546 g/mol. The van der Waals surface area contributed by atoms with E-state index in [0.717, 1.165) is 24.2 Å². The second-order valence-electron chi connectivity index (χ2n) is 9.80. The molecule has 0 spiro atoms. The predicted molar refractivity (Wildman–Crippen MR) is 154 cm³/mol. The lowest BCUT2D eigenvalue weighted by atomic mass is 9.89. The zero-order valence-electron chi connectivity index (χ0n) is 22.1. The number of nitrogens with zero attached hydrogens (tertiary/aromatic N) is 3. The number of carbonyl (C=O) groups is 3. The van der Waals surface area contributed by atoms with E-state index in [1.54, 1.807) is 60.5 Å². The third kappa shape index (κ3) is 6.90. The molecule has 3 aromatic rings. The number of anilines is 2. The Balaban J connectivity index is 1.68. The van der Waals surface area contributed by atoms with E-state index in [1.165, 1.54) is 0 Å². The van der Waals surface area contributed by atoms with Crippen molar-refractivity contribution >= 4 is 52.2 Å². The van der Waals surface area contributed by atoms with Crippen LogP contribution in [0.25, 0.3) is 0 Å². The average molecular weight is 547 g/mol. The molecule has 202 valence electrons. The first-order valence-corrected chi connectivity index (χ1v) is 13.0. The van der Waals surface area contributed by atoms with Crippen molar-refractivity contribution in [2.24, 2.45) is 4.99 Å². The quantitative estimate of drug-likeness (QED) is 0.343. The van der Waals surface area contributed by atoms with Gasteiger partial charge in [0, 0.05) is 29.9 Å². The summed E-state index contributed by atoms with van der Waals surface area (Å²) < 4.78 is 0. The Bertz CT molecular complexity index is 1420. The Morgan fingerprint density at radius 1 is 1.03 bits per heavy atom. The summed E-state index contributed by atoms with van der Waals surface area (Å²) in [5, 5.41) is 12.7. The van der Waals surface area contributed by atoms with E-state index in [2.05, 4.69) is 5.32 Å². The molecule has 0 fully saturated rings. The molecule has 4 rings (SSSR count). The van der Waals surface area contributed by atoms with Crippen molar-refractivity contribution in [1.82, 2.24) is 4.90 Å². The highest BCUT2D eigenvalue weighted by Crippen LogP contribution is 2.38. The third-order valence-corrected chi connectivity index (χ3v) is 6.79.